The molecule has 0 spiro atoms. The fraction of sp³-hybridized carbons (Fsp3) is 0.600. The van der Waals surface area contributed by atoms with Crippen molar-refractivity contribution in [2.24, 2.45) is 17.6 Å². The van der Waals surface area contributed by atoms with Gasteiger partial charge in [-0.15, -0.1) is 0 Å². The van der Waals surface area contributed by atoms with Crippen LogP contribution in [-0.4, -0.2) is 46.8 Å². The number of carbonyl (C=O) groups is 2. The van der Waals surface area contributed by atoms with Gasteiger partial charge < -0.3 is 15.5 Å². The molecule has 2 heterocycles. The molecule has 2 N–H and O–H groups in total. The molecule has 2 saturated heterocycles. The highest BCUT2D eigenvalue weighted by Crippen LogP contribution is 2.46. The number of hydrogen-bond acceptors (Lipinski definition) is 3. The molecule has 2 aliphatic heterocycles. The normalized spacial score (nSPS) is 30.1. The molecule has 0 bridgehead atoms. The van der Waals surface area contributed by atoms with Gasteiger partial charge >= 0.3 is 0 Å². The molecule has 1 aromatic carbocycles. The van der Waals surface area contributed by atoms with Crippen LogP contribution in [0.25, 0.3) is 0 Å². The quantitative estimate of drug-likeness (QED) is 0.893. The lowest BCUT2D eigenvalue weighted by atomic mass is 9.76. The first-order valence-corrected chi connectivity index (χ1v) is 9.32. The van der Waals surface area contributed by atoms with Crippen LogP contribution in [0.2, 0.25) is 0 Å². The summed E-state index contributed by atoms with van der Waals surface area (Å²) in [4.78, 5) is 29.0. The van der Waals surface area contributed by atoms with Crippen LogP contribution in [0.3, 0.4) is 0 Å². The molecule has 0 radical (unpaired) electrons. The SMILES string of the molecule is CC(=O)N1C[C@H]2CN(C(=O)C3(N)CCC3)C[C@H]2[C@@H]1c1ccccc1C. The lowest BCUT2D eigenvalue weighted by Crippen LogP contribution is -2.59. The Bertz CT molecular complexity index is 713. The van der Waals surface area contributed by atoms with E-state index in [2.05, 4.69) is 19.1 Å². The van der Waals surface area contributed by atoms with Gasteiger partial charge in [0.05, 0.1) is 11.6 Å². The fourth-order valence-corrected chi connectivity index (χ4v) is 4.94. The summed E-state index contributed by atoms with van der Waals surface area (Å²) in [5, 5.41) is 0. The summed E-state index contributed by atoms with van der Waals surface area (Å²) < 4.78 is 0. The second-order valence-corrected chi connectivity index (χ2v) is 8.12. The standard InChI is InChI=1S/C20H27N3O2/c1-13-6-3-4-7-16(13)18-17-12-22(19(25)20(21)8-5-9-20)10-15(17)11-23(18)14(2)24/h3-4,6-7,15,17-18H,5,8-12,21H2,1-2H3/t15-,17-,18+/m1/s1. The van der Waals surface area contributed by atoms with E-state index in [0.717, 1.165) is 32.4 Å². The van der Waals surface area contributed by atoms with E-state index in [-0.39, 0.29) is 17.9 Å². The van der Waals surface area contributed by atoms with Crippen molar-refractivity contribution in [1.82, 2.24) is 9.80 Å². The van der Waals surface area contributed by atoms with Gasteiger partial charge in [-0.2, -0.15) is 0 Å². The van der Waals surface area contributed by atoms with Gasteiger partial charge in [-0.25, -0.2) is 0 Å². The zero-order valence-electron chi connectivity index (χ0n) is 15.1. The predicted molar refractivity (Wildman–Crippen MR) is 95.6 cm³/mol. The minimum atomic E-state index is -0.628. The number of amides is 2. The number of carbonyl (C=O) groups excluding carboxylic acids is 2. The lowest BCUT2D eigenvalue weighted by Gasteiger charge is -2.40. The predicted octanol–water partition coefficient (Wildman–Crippen LogP) is 1.85. The van der Waals surface area contributed by atoms with E-state index in [9.17, 15) is 9.59 Å². The van der Waals surface area contributed by atoms with Gasteiger partial charge in [-0.05, 0) is 37.3 Å². The molecule has 1 aliphatic carbocycles. The highest BCUT2D eigenvalue weighted by Gasteiger charge is 2.52. The molecule has 0 unspecified atom stereocenters. The maximum Gasteiger partial charge on any atom is 0.242 e. The number of fused-ring (bicyclic) bond motifs is 1. The van der Waals surface area contributed by atoms with Crippen molar-refractivity contribution >= 4 is 11.8 Å². The number of nitrogens with zero attached hydrogens (tertiary/aromatic N) is 2. The second-order valence-electron chi connectivity index (χ2n) is 8.12. The van der Waals surface area contributed by atoms with E-state index < -0.39 is 5.54 Å². The maximum absolute atomic E-state index is 12.8. The van der Waals surface area contributed by atoms with Crippen LogP contribution in [0.5, 0.6) is 0 Å². The van der Waals surface area contributed by atoms with E-state index in [4.69, 9.17) is 5.73 Å². The summed E-state index contributed by atoms with van der Waals surface area (Å²) in [6.45, 7) is 5.93. The van der Waals surface area contributed by atoms with Crippen LogP contribution in [0.15, 0.2) is 24.3 Å². The number of likely N-dealkylation sites (tertiary alicyclic amines) is 2. The number of nitrogens with two attached hydrogens (primary N) is 1. The monoisotopic (exact) mass is 341 g/mol. The minimum Gasteiger partial charge on any atom is -0.340 e. The van der Waals surface area contributed by atoms with Crippen LogP contribution in [0, 0.1) is 18.8 Å². The zero-order chi connectivity index (χ0) is 17.8. The molecule has 1 saturated carbocycles. The number of rotatable bonds is 2. The first-order valence-electron chi connectivity index (χ1n) is 9.32. The number of benzene rings is 1. The van der Waals surface area contributed by atoms with Gasteiger partial charge in [-0.1, -0.05) is 24.3 Å². The Balaban J connectivity index is 1.61. The summed E-state index contributed by atoms with van der Waals surface area (Å²) in [5.41, 5.74) is 8.06. The molecule has 5 nitrogen and oxygen atoms in total. The van der Waals surface area contributed by atoms with E-state index in [1.54, 1.807) is 6.92 Å². The van der Waals surface area contributed by atoms with E-state index >= 15 is 0 Å². The molecule has 4 rings (SSSR count). The topological polar surface area (TPSA) is 66.6 Å². The Morgan fingerprint density at radius 2 is 1.88 bits per heavy atom. The van der Waals surface area contributed by atoms with Crippen LogP contribution in [0.4, 0.5) is 0 Å². The fourth-order valence-electron chi connectivity index (χ4n) is 4.94. The van der Waals surface area contributed by atoms with Crippen LogP contribution in [-0.2, 0) is 9.59 Å². The summed E-state index contributed by atoms with van der Waals surface area (Å²) in [6, 6.07) is 8.36. The number of hydrogen-bond donors (Lipinski definition) is 1. The van der Waals surface area contributed by atoms with E-state index in [0.29, 0.717) is 18.4 Å². The van der Waals surface area contributed by atoms with Crippen molar-refractivity contribution < 1.29 is 9.59 Å². The Hall–Kier alpha value is -1.88. The molecule has 2 amide bonds. The molecule has 3 atom stereocenters. The lowest BCUT2D eigenvalue weighted by molar-refractivity contribution is -0.139. The molecule has 1 aromatic rings. The Labute approximate surface area is 149 Å². The molecular formula is C20H27N3O2. The third-order valence-corrected chi connectivity index (χ3v) is 6.53. The smallest absolute Gasteiger partial charge is 0.242 e. The van der Waals surface area contributed by atoms with Crippen molar-refractivity contribution in [2.75, 3.05) is 19.6 Å². The summed E-state index contributed by atoms with van der Waals surface area (Å²) in [6.07, 6.45) is 2.66. The Morgan fingerprint density at radius 1 is 1.16 bits per heavy atom. The average molecular weight is 341 g/mol. The molecule has 3 fully saturated rings. The maximum atomic E-state index is 12.8. The van der Waals surface area contributed by atoms with Crippen LogP contribution < -0.4 is 5.73 Å². The van der Waals surface area contributed by atoms with Crippen molar-refractivity contribution in [1.29, 1.82) is 0 Å². The molecule has 3 aliphatic rings. The van der Waals surface area contributed by atoms with Gasteiger partial charge in [0.1, 0.15) is 0 Å². The minimum absolute atomic E-state index is 0.0663. The van der Waals surface area contributed by atoms with Gasteiger partial charge in [-0.3, -0.25) is 9.59 Å². The van der Waals surface area contributed by atoms with E-state index in [1.807, 2.05) is 21.9 Å². The average Bonchev–Trinajstić information content (AvgIpc) is 3.10. The van der Waals surface area contributed by atoms with Gasteiger partial charge in [0, 0.05) is 38.4 Å². The Kier molecular flexibility index (Phi) is 3.87. The summed E-state index contributed by atoms with van der Waals surface area (Å²) in [7, 11) is 0. The van der Waals surface area contributed by atoms with Crippen molar-refractivity contribution in [2.45, 2.75) is 44.7 Å². The summed E-state index contributed by atoms with van der Waals surface area (Å²) >= 11 is 0. The molecule has 5 heteroatoms. The van der Waals surface area contributed by atoms with Crippen molar-refractivity contribution in [3.05, 3.63) is 35.4 Å². The third kappa shape index (κ3) is 2.56. The van der Waals surface area contributed by atoms with Crippen molar-refractivity contribution in [3.8, 4) is 0 Å². The van der Waals surface area contributed by atoms with Gasteiger partial charge in [0.2, 0.25) is 11.8 Å². The molecule has 134 valence electrons. The first kappa shape index (κ1) is 16.6. The van der Waals surface area contributed by atoms with Crippen molar-refractivity contribution in [3.63, 3.8) is 0 Å². The van der Waals surface area contributed by atoms with Gasteiger partial charge in [0.25, 0.3) is 0 Å². The largest absolute Gasteiger partial charge is 0.340 e. The molecule has 0 aromatic heterocycles. The first-order chi connectivity index (χ1) is 11.9. The van der Waals surface area contributed by atoms with Gasteiger partial charge in [0.15, 0.2) is 0 Å². The number of aryl methyl sites for hydroxylation is 1. The summed E-state index contributed by atoms with van der Waals surface area (Å²) in [5.74, 6) is 0.889. The highest BCUT2D eigenvalue weighted by atomic mass is 16.2. The van der Waals surface area contributed by atoms with Crippen LogP contribution >= 0.6 is 0 Å². The zero-order valence-corrected chi connectivity index (χ0v) is 15.1. The Morgan fingerprint density at radius 3 is 2.48 bits per heavy atom. The molecule has 25 heavy (non-hydrogen) atoms. The second kappa shape index (κ2) is 5.84. The molecular weight excluding hydrogens is 314 g/mol. The van der Waals surface area contributed by atoms with E-state index in [1.165, 1.54) is 11.1 Å². The van der Waals surface area contributed by atoms with Crippen LogP contribution in [0.1, 0.15) is 43.4 Å². The highest BCUT2D eigenvalue weighted by molar-refractivity contribution is 5.87. The third-order valence-electron chi connectivity index (χ3n) is 6.53.